The van der Waals surface area contributed by atoms with E-state index < -0.39 is 0 Å². The fourth-order valence-corrected chi connectivity index (χ4v) is 1.48. The summed E-state index contributed by atoms with van der Waals surface area (Å²) in [5.41, 5.74) is 0.765. The summed E-state index contributed by atoms with van der Waals surface area (Å²) in [6, 6.07) is 3.67. The van der Waals surface area contributed by atoms with Crippen LogP contribution < -0.4 is 4.74 Å². The first kappa shape index (κ1) is 7.54. The molecule has 2 rings (SSSR count). The molecule has 0 aliphatic rings. The monoisotopic (exact) mass is 227 g/mol. The summed E-state index contributed by atoms with van der Waals surface area (Å²) in [5.74, 6) is 0.766. The van der Waals surface area contributed by atoms with Crippen LogP contribution in [0.1, 0.15) is 0 Å². The lowest BCUT2D eigenvalue weighted by Gasteiger charge is -2.01. The Hall–Kier alpha value is -1.10. The van der Waals surface area contributed by atoms with Crippen LogP contribution in [0.2, 0.25) is 0 Å². The van der Waals surface area contributed by atoms with Gasteiger partial charge in [0, 0.05) is 12.1 Å². The van der Waals surface area contributed by atoms with Crippen molar-refractivity contribution >= 4 is 21.6 Å². The molecule has 0 unspecified atom stereocenters. The van der Waals surface area contributed by atoms with Crippen LogP contribution >= 0.6 is 15.9 Å². The van der Waals surface area contributed by atoms with E-state index >= 15 is 0 Å². The second-order valence-corrected chi connectivity index (χ2v) is 3.09. The molecule has 0 saturated carbocycles. The zero-order chi connectivity index (χ0) is 8.55. The highest BCUT2D eigenvalue weighted by molar-refractivity contribution is 9.10. The van der Waals surface area contributed by atoms with Gasteiger partial charge in [-0.3, -0.25) is 4.40 Å². The van der Waals surface area contributed by atoms with Crippen LogP contribution in [0.3, 0.4) is 0 Å². The smallest absolute Gasteiger partial charge is 0.165 e. The highest BCUT2D eigenvalue weighted by atomic mass is 79.9. The zero-order valence-electron chi connectivity index (χ0n) is 6.36. The molecular weight excluding hydrogens is 222 g/mol. The summed E-state index contributed by atoms with van der Waals surface area (Å²) in [6.45, 7) is 0. The number of rotatable bonds is 1. The van der Waals surface area contributed by atoms with E-state index in [9.17, 15) is 0 Å². The van der Waals surface area contributed by atoms with Gasteiger partial charge in [-0.1, -0.05) is 0 Å². The summed E-state index contributed by atoms with van der Waals surface area (Å²) in [6.07, 6.45) is 1.64. The molecule has 0 spiro atoms. The Morgan fingerprint density at radius 2 is 2.33 bits per heavy atom. The van der Waals surface area contributed by atoms with Gasteiger partial charge in [0.15, 0.2) is 5.65 Å². The molecule has 0 aromatic carbocycles. The topological polar surface area (TPSA) is 39.4 Å². The van der Waals surface area contributed by atoms with Crippen LogP contribution in [0.25, 0.3) is 5.65 Å². The predicted molar refractivity (Wildman–Crippen MR) is 47.2 cm³/mol. The average molecular weight is 228 g/mol. The van der Waals surface area contributed by atoms with E-state index in [0.717, 1.165) is 16.0 Å². The number of aromatic nitrogens is 3. The third-order valence-electron chi connectivity index (χ3n) is 1.57. The van der Waals surface area contributed by atoms with Crippen LogP contribution in [0, 0.1) is 0 Å². The maximum absolute atomic E-state index is 5.06. The third-order valence-corrected chi connectivity index (χ3v) is 2.18. The second-order valence-electron chi connectivity index (χ2n) is 2.28. The van der Waals surface area contributed by atoms with E-state index in [2.05, 4.69) is 26.1 Å². The van der Waals surface area contributed by atoms with Crippen molar-refractivity contribution in [3.8, 4) is 5.75 Å². The van der Waals surface area contributed by atoms with Crippen molar-refractivity contribution in [3.05, 3.63) is 23.1 Å². The molecule has 0 atom stereocenters. The first-order valence-corrected chi connectivity index (χ1v) is 4.14. The van der Waals surface area contributed by atoms with E-state index in [4.69, 9.17) is 4.74 Å². The Morgan fingerprint density at radius 1 is 1.50 bits per heavy atom. The molecule has 5 heteroatoms. The zero-order valence-corrected chi connectivity index (χ0v) is 7.95. The van der Waals surface area contributed by atoms with Gasteiger partial charge in [0.25, 0.3) is 0 Å². The van der Waals surface area contributed by atoms with Crippen LogP contribution in [-0.2, 0) is 0 Å². The Morgan fingerprint density at radius 3 is 3.08 bits per heavy atom. The standard InChI is InChI=1S/C7H6BrN3O/c1-12-5-2-6(8)11-4-9-10-7(11)3-5/h2-4H,1H3. The Bertz CT molecular complexity index is 412. The minimum atomic E-state index is 0.765. The molecular formula is C7H6BrN3O. The number of methoxy groups -OCH3 is 1. The molecule has 0 aliphatic heterocycles. The van der Waals surface area contributed by atoms with Gasteiger partial charge in [0.05, 0.1) is 11.7 Å². The third kappa shape index (κ3) is 1.06. The largest absolute Gasteiger partial charge is 0.497 e. The lowest BCUT2D eigenvalue weighted by molar-refractivity contribution is 0.414. The lowest BCUT2D eigenvalue weighted by atomic mass is 10.4. The van der Waals surface area contributed by atoms with E-state index in [0.29, 0.717) is 0 Å². The highest BCUT2D eigenvalue weighted by Gasteiger charge is 2.01. The number of halogens is 1. The number of ether oxygens (including phenoxy) is 1. The number of fused-ring (bicyclic) bond motifs is 1. The quantitative estimate of drug-likeness (QED) is 0.694. The van der Waals surface area contributed by atoms with E-state index in [1.165, 1.54) is 0 Å². The molecule has 4 nitrogen and oxygen atoms in total. The lowest BCUT2D eigenvalue weighted by Crippen LogP contribution is -1.89. The molecule has 0 bridgehead atoms. The molecule has 2 aromatic rings. The summed E-state index contributed by atoms with van der Waals surface area (Å²) < 4.78 is 7.76. The molecule has 0 amide bonds. The van der Waals surface area contributed by atoms with E-state index in [1.807, 2.05) is 16.5 Å². The van der Waals surface area contributed by atoms with Gasteiger partial charge in [-0.05, 0) is 15.9 Å². The van der Waals surface area contributed by atoms with Crippen LogP contribution in [0.5, 0.6) is 5.75 Å². The van der Waals surface area contributed by atoms with Crippen molar-refractivity contribution in [2.24, 2.45) is 0 Å². The van der Waals surface area contributed by atoms with Crippen molar-refractivity contribution in [2.45, 2.75) is 0 Å². The van der Waals surface area contributed by atoms with Crippen molar-refractivity contribution in [1.82, 2.24) is 14.6 Å². The summed E-state index contributed by atoms with van der Waals surface area (Å²) in [7, 11) is 1.62. The maximum Gasteiger partial charge on any atom is 0.165 e. The number of nitrogens with zero attached hydrogens (tertiary/aromatic N) is 3. The van der Waals surface area contributed by atoms with Gasteiger partial charge in [-0.2, -0.15) is 0 Å². The van der Waals surface area contributed by atoms with E-state index in [1.54, 1.807) is 13.4 Å². The predicted octanol–water partition coefficient (Wildman–Crippen LogP) is 1.50. The van der Waals surface area contributed by atoms with Gasteiger partial charge in [0.1, 0.15) is 12.1 Å². The minimum absolute atomic E-state index is 0.765. The summed E-state index contributed by atoms with van der Waals surface area (Å²) in [4.78, 5) is 0. The van der Waals surface area contributed by atoms with Gasteiger partial charge < -0.3 is 4.74 Å². The molecule has 2 aromatic heterocycles. The summed E-state index contributed by atoms with van der Waals surface area (Å²) >= 11 is 3.37. The van der Waals surface area contributed by atoms with Crippen molar-refractivity contribution < 1.29 is 4.74 Å². The highest BCUT2D eigenvalue weighted by Crippen LogP contribution is 2.20. The molecule has 2 heterocycles. The van der Waals surface area contributed by atoms with Gasteiger partial charge >= 0.3 is 0 Å². The molecule has 0 N–H and O–H groups in total. The Labute approximate surface area is 77.3 Å². The molecule has 62 valence electrons. The molecule has 0 saturated heterocycles. The fraction of sp³-hybridized carbons (Fsp3) is 0.143. The molecule has 12 heavy (non-hydrogen) atoms. The maximum atomic E-state index is 5.06. The Kier molecular flexibility index (Phi) is 1.73. The normalized spacial score (nSPS) is 10.5. The van der Waals surface area contributed by atoms with Crippen LogP contribution in [0.4, 0.5) is 0 Å². The number of hydrogen-bond donors (Lipinski definition) is 0. The molecule has 0 aliphatic carbocycles. The van der Waals surface area contributed by atoms with Crippen LogP contribution in [0.15, 0.2) is 23.1 Å². The number of pyridine rings is 1. The van der Waals surface area contributed by atoms with E-state index in [-0.39, 0.29) is 0 Å². The molecule has 0 fully saturated rings. The first-order chi connectivity index (χ1) is 5.81. The van der Waals surface area contributed by atoms with Gasteiger partial charge in [-0.25, -0.2) is 0 Å². The first-order valence-electron chi connectivity index (χ1n) is 3.34. The van der Waals surface area contributed by atoms with Crippen molar-refractivity contribution in [1.29, 1.82) is 0 Å². The van der Waals surface area contributed by atoms with Crippen LogP contribution in [-0.4, -0.2) is 21.7 Å². The van der Waals surface area contributed by atoms with Gasteiger partial charge in [0.2, 0.25) is 0 Å². The van der Waals surface area contributed by atoms with Crippen molar-refractivity contribution in [3.63, 3.8) is 0 Å². The minimum Gasteiger partial charge on any atom is -0.497 e. The fourth-order valence-electron chi connectivity index (χ4n) is 0.981. The molecule has 0 radical (unpaired) electrons. The van der Waals surface area contributed by atoms with Gasteiger partial charge in [-0.15, -0.1) is 10.2 Å². The Balaban J connectivity index is 2.75. The number of hydrogen-bond acceptors (Lipinski definition) is 3. The van der Waals surface area contributed by atoms with Crippen molar-refractivity contribution in [2.75, 3.05) is 7.11 Å². The second kappa shape index (κ2) is 2.75. The SMILES string of the molecule is COc1cc(Br)n2cnnc2c1. The average Bonchev–Trinajstić information content (AvgIpc) is 2.52. The summed E-state index contributed by atoms with van der Waals surface area (Å²) in [5, 5.41) is 7.66.